The molecule has 2 aromatic carbocycles. The van der Waals surface area contributed by atoms with Gasteiger partial charge in [0.2, 0.25) is 0 Å². The number of carbonyl (C=O) groups excluding carboxylic acids is 1. The van der Waals surface area contributed by atoms with Gasteiger partial charge in [-0.15, -0.1) is 5.10 Å². The number of para-hydroxylation sites is 1. The topological polar surface area (TPSA) is 78.3 Å². The van der Waals surface area contributed by atoms with Gasteiger partial charge in [-0.25, -0.2) is 4.68 Å². The van der Waals surface area contributed by atoms with Crippen molar-refractivity contribution in [3.8, 4) is 17.2 Å². The van der Waals surface area contributed by atoms with Crippen LogP contribution in [0.4, 0.5) is 0 Å². The van der Waals surface area contributed by atoms with Gasteiger partial charge in [-0.05, 0) is 47.1 Å². The van der Waals surface area contributed by atoms with Crippen LogP contribution in [0.2, 0.25) is 0 Å². The number of amides is 1. The van der Waals surface area contributed by atoms with Crippen molar-refractivity contribution in [2.45, 2.75) is 13.0 Å². The summed E-state index contributed by atoms with van der Waals surface area (Å²) in [7, 11) is 0. The lowest BCUT2D eigenvalue weighted by molar-refractivity contribution is 0.0937. The second-order valence-electron chi connectivity index (χ2n) is 6.10. The number of ether oxygens (including phenoxy) is 2. The lowest BCUT2D eigenvalue weighted by Gasteiger charge is -2.20. The molecule has 3 aromatic rings. The number of fused-ring (bicyclic) bond motifs is 1. The van der Waals surface area contributed by atoms with Crippen molar-refractivity contribution in [1.29, 1.82) is 0 Å². The Morgan fingerprint density at radius 2 is 2.00 bits per heavy atom. The van der Waals surface area contributed by atoms with Crippen LogP contribution in [0.25, 0.3) is 5.69 Å². The van der Waals surface area contributed by atoms with Crippen molar-refractivity contribution in [1.82, 2.24) is 20.3 Å². The van der Waals surface area contributed by atoms with Crippen LogP contribution >= 0.6 is 15.9 Å². The van der Waals surface area contributed by atoms with E-state index in [9.17, 15) is 4.79 Å². The highest BCUT2D eigenvalue weighted by Crippen LogP contribution is 2.38. The Labute approximate surface area is 164 Å². The second kappa shape index (κ2) is 7.40. The van der Waals surface area contributed by atoms with Gasteiger partial charge in [-0.2, -0.15) is 0 Å². The van der Waals surface area contributed by atoms with Crippen molar-refractivity contribution >= 4 is 21.8 Å². The van der Waals surface area contributed by atoms with Crippen molar-refractivity contribution in [2.24, 2.45) is 0 Å². The third-order valence-electron chi connectivity index (χ3n) is 4.18. The molecular formula is C19H17BrN4O3. The molecule has 8 heteroatoms. The summed E-state index contributed by atoms with van der Waals surface area (Å²) in [4.78, 5) is 12.7. The van der Waals surface area contributed by atoms with E-state index >= 15 is 0 Å². The summed E-state index contributed by atoms with van der Waals surface area (Å²) in [6.45, 7) is 2.82. The lowest BCUT2D eigenvalue weighted by atomic mass is 10.1. The Bertz CT molecular complexity index is 974. The van der Waals surface area contributed by atoms with Gasteiger partial charge in [0.25, 0.3) is 5.91 Å². The van der Waals surface area contributed by atoms with E-state index in [4.69, 9.17) is 9.47 Å². The van der Waals surface area contributed by atoms with Gasteiger partial charge >= 0.3 is 0 Å². The average Bonchev–Trinajstić information content (AvgIpc) is 3.19. The van der Waals surface area contributed by atoms with Gasteiger partial charge in [-0.3, -0.25) is 4.79 Å². The highest BCUT2D eigenvalue weighted by atomic mass is 79.9. The molecule has 0 aliphatic carbocycles. The molecule has 1 aliphatic rings. The minimum atomic E-state index is -0.304. The maximum absolute atomic E-state index is 12.7. The number of halogens is 1. The number of carbonyl (C=O) groups is 1. The summed E-state index contributed by atoms with van der Waals surface area (Å²) in [6.07, 6.45) is 1.81. The molecule has 1 unspecified atom stereocenters. The van der Waals surface area contributed by atoms with Gasteiger partial charge in [0.15, 0.2) is 11.5 Å². The normalized spacial score (nSPS) is 13.9. The van der Waals surface area contributed by atoms with E-state index < -0.39 is 0 Å². The van der Waals surface area contributed by atoms with E-state index in [1.165, 1.54) is 0 Å². The summed E-state index contributed by atoms with van der Waals surface area (Å²) >= 11 is 3.43. The first-order valence-electron chi connectivity index (χ1n) is 8.49. The molecule has 0 saturated heterocycles. The smallest absolute Gasteiger partial charge is 0.251 e. The highest BCUT2D eigenvalue weighted by molar-refractivity contribution is 9.10. The average molecular weight is 429 g/mol. The van der Waals surface area contributed by atoms with Crippen molar-refractivity contribution in [3.63, 3.8) is 0 Å². The lowest BCUT2D eigenvalue weighted by Crippen LogP contribution is -2.27. The van der Waals surface area contributed by atoms with Gasteiger partial charge in [0.05, 0.1) is 22.4 Å². The van der Waals surface area contributed by atoms with Crippen molar-refractivity contribution in [2.75, 3.05) is 13.2 Å². The minimum Gasteiger partial charge on any atom is -0.486 e. The van der Waals surface area contributed by atoms with Gasteiger partial charge in [0.1, 0.15) is 18.9 Å². The molecule has 4 rings (SSSR count). The van der Waals surface area contributed by atoms with Gasteiger partial charge in [0, 0.05) is 5.56 Å². The number of benzene rings is 2. The molecule has 1 aromatic heterocycles. The van der Waals surface area contributed by atoms with Crippen LogP contribution in [0.15, 0.2) is 53.1 Å². The molecule has 138 valence electrons. The molecule has 1 atom stereocenters. The molecule has 0 saturated carbocycles. The molecule has 2 heterocycles. The zero-order valence-corrected chi connectivity index (χ0v) is 16.1. The van der Waals surface area contributed by atoms with E-state index in [-0.39, 0.29) is 11.9 Å². The molecule has 0 fully saturated rings. The Kier molecular flexibility index (Phi) is 4.81. The molecule has 0 radical (unpaired) electrons. The first-order valence-corrected chi connectivity index (χ1v) is 9.29. The van der Waals surface area contributed by atoms with Crippen molar-refractivity contribution in [3.05, 3.63) is 64.4 Å². The first-order chi connectivity index (χ1) is 13.1. The highest BCUT2D eigenvalue weighted by Gasteiger charge is 2.21. The minimum absolute atomic E-state index is 0.227. The number of hydrogen-bond donors (Lipinski definition) is 1. The number of nitrogens with one attached hydrogen (secondary N) is 1. The summed E-state index contributed by atoms with van der Waals surface area (Å²) in [5.41, 5.74) is 2.06. The monoisotopic (exact) mass is 428 g/mol. The zero-order valence-electron chi connectivity index (χ0n) is 14.6. The summed E-state index contributed by atoms with van der Waals surface area (Å²) in [5, 5.41) is 11.2. The summed E-state index contributed by atoms with van der Waals surface area (Å²) in [5.74, 6) is 0.953. The van der Waals surface area contributed by atoms with Crippen LogP contribution in [0.3, 0.4) is 0 Å². The van der Waals surface area contributed by atoms with Crippen LogP contribution in [0.1, 0.15) is 29.0 Å². The number of aromatic nitrogens is 3. The van der Waals surface area contributed by atoms with E-state index in [1.54, 1.807) is 23.0 Å². The standard InChI is InChI=1S/C19H17BrN4O3/c1-12(16-11-24(23-22-16)14-5-3-2-4-6-14)21-19(25)13-9-15(20)18-17(10-13)26-7-8-27-18/h2-6,9-12H,7-8H2,1H3,(H,21,25). The first kappa shape index (κ1) is 17.5. The molecule has 7 nitrogen and oxygen atoms in total. The molecule has 27 heavy (non-hydrogen) atoms. The van der Waals surface area contributed by atoms with Crippen LogP contribution in [-0.2, 0) is 0 Å². The predicted octanol–water partition coefficient (Wildman–Crippen LogP) is 3.29. The van der Waals surface area contributed by atoms with Crippen molar-refractivity contribution < 1.29 is 14.3 Å². The Hall–Kier alpha value is -2.87. The molecule has 1 N–H and O–H groups in total. The Morgan fingerprint density at radius 1 is 1.22 bits per heavy atom. The number of nitrogens with zero attached hydrogens (tertiary/aromatic N) is 3. The largest absolute Gasteiger partial charge is 0.486 e. The SMILES string of the molecule is CC(NC(=O)c1cc(Br)c2c(c1)OCCO2)c1cn(-c2ccccc2)nn1. The van der Waals surface area contributed by atoms with Gasteiger partial charge < -0.3 is 14.8 Å². The molecular weight excluding hydrogens is 412 g/mol. The number of rotatable bonds is 4. The van der Waals surface area contributed by atoms with E-state index in [0.29, 0.717) is 40.4 Å². The fraction of sp³-hybridized carbons (Fsp3) is 0.211. The van der Waals surface area contributed by atoms with Gasteiger partial charge in [-0.1, -0.05) is 23.4 Å². The van der Waals surface area contributed by atoms with Crippen LogP contribution in [0, 0.1) is 0 Å². The Balaban J connectivity index is 1.50. The van der Waals surface area contributed by atoms with E-state index in [2.05, 4.69) is 31.6 Å². The van der Waals surface area contributed by atoms with Crippen LogP contribution < -0.4 is 14.8 Å². The maximum atomic E-state index is 12.7. The van der Waals surface area contributed by atoms with E-state index in [1.807, 2.05) is 37.3 Å². The fourth-order valence-corrected chi connectivity index (χ4v) is 3.33. The molecule has 0 bridgehead atoms. The predicted molar refractivity (Wildman–Crippen MR) is 102 cm³/mol. The summed E-state index contributed by atoms with van der Waals surface area (Å²) in [6, 6.07) is 12.8. The molecule has 1 amide bonds. The molecule has 1 aliphatic heterocycles. The zero-order chi connectivity index (χ0) is 18.8. The van der Waals surface area contributed by atoms with Crippen LogP contribution in [-0.4, -0.2) is 34.1 Å². The summed E-state index contributed by atoms with van der Waals surface area (Å²) < 4.78 is 13.5. The third-order valence-corrected chi connectivity index (χ3v) is 4.77. The quantitative estimate of drug-likeness (QED) is 0.689. The van der Waals surface area contributed by atoms with Crippen LogP contribution in [0.5, 0.6) is 11.5 Å². The maximum Gasteiger partial charge on any atom is 0.251 e. The fourth-order valence-electron chi connectivity index (χ4n) is 2.78. The van der Waals surface area contributed by atoms with E-state index in [0.717, 1.165) is 5.69 Å². The molecule has 0 spiro atoms. The Morgan fingerprint density at radius 3 is 2.81 bits per heavy atom. The second-order valence-corrected chi connectivity index (χ2v) is 6.96. The third kappa shape index (κ3) is 3.66. The number of hydrogen-bond acceptors (Lipinski definition) is 5.